The van der Waals surface area contributed by atoms with Crippen LogP contribution in [0.3, 0.4) is 0 Å². The second-order valence-corrected chi connectivity index (χ2v) is 8.72. The molecule has 1 aliphatic rings. The van der Waals surface area contributed by atoms with Crippen LogP contribution in [0.5, 0.6) is 0 Å². The lowest BCUT2D eigenvalue weighted by Crippen LogP contribution is -2.16. The van der Waals surface area contributed by atoms with Crippen molar-refractivity contribution in [2.24, 2.45) is 0 Å². The number of fused-ring (bicyclic) bond motifs is 3. The van der Waals surface area contributed by atoms with Crippen molar-refractivity contribution in [1.82, 2.24) is 9.97 Å². The van der Waals surface area contributed by atoms with Crippen LogP contribution in [0.15, 0.2) is 34.2 Å². The first-order valence-corrected chi connectivity index (χ1v) is 11.0. The summed E-state index contributed by atoms with van der Waals surface area (Å²) >= 11 is 2.76. The second-order valence-electron chi connectivity index (χ2n) is 6.67. The first kappa shape index (κ1) is 19.7. The Morgan fingerprint density at radius 1 is 1.31 bits per heavy atom. The van der Waals surface area contributed by atoms with Gasteiger partial charge in [0.1, 0.15) is 4.83 Å². The highest BCUT2D eigenvalue weighted by Gasteiger charge is 2.20. The Hall–Kier alpha value is -2.65. The summed E-state index contributed by atoms with van der Waals surface area (Å²) < 4.78 is 4.68. The standard InChI is InChI=1S/C20H19N3O4S2/c1-27-19(26)11-5-4-6-12(9-11)21-15(24)10-28-20-22-17(25)16-13-7-2-3-8-14(13)29-18(16)23-20/h4-6,9H,2-3,7-8,10H2,1H3,(H,21,24)(H,22,23,25). The largest absolute Gasteiger partial charge is 0.465 e. The van der Waals surface area contributed by atoms with Gasteiger partial charge in [0.2, 0.25) is 5.91 Å². The number of anilines is 1. The fourth-order valence-electron chi connectivity index (χ4n) is 3.39. The number of ether oxygens (including phenoxy) is 1. The van der Waals surface area contributed by atoms with Gasteiger partial charge in [-0.1, -0.05) is 17.8 Å². The number of aromatic amines is 1. The third-order valence-corrected chi connectivity index (χ3v) is 6.77. The molecule has 0 atom stereocenters. The number of carbonyl (C=O) groups is 2. The first-order valence-electron chi connectivity index (χ1n) is 9.21. The molecule has 0 saturated heterocycles. The number of thioether (sulfide) groups is 1. The van der Waals surface area contributed by atoms with E-state index in [9.17, 15) is 14.4 Å². The Kier molecular flexibility index (Phi) is 5.68. The molecule has 3 aromatic rings. The van der Waals surface area contributed by atoms with Crippen molar-refractivity contribution in [3.63, 3.8) is 0 Å². The molecule has 150 valence electrons. The second kappa shape index (κ2) is 8.38. The van der Waals surface area contributed by atoms with E-state index >= 15 is 0 Å². The van der Waals surface area contributed by atoms with E-state index < -0.39 is 5.97 Å². The van der Waals surface area contributed by atoms with E-state index in [1.807, 2.05) is 0 Å². The number of nitrogens with zero attached hydrogens (tertiary/aromatic N) is 1. The summed E-state index contributed by atoms with van der Waals surface area (Å²) in [6.07, 6.45) is 4.19. The fourth-order valence-corrected chi connectivity index (χ4v) is 5.37. The van der Waals surface area contributed by atoms with Gasteiger partial charge in [-0.15, -0.1) is 11.3 Å². The predicted octanol–water partition coefficient (Wildman–Crippen LogP) is 3.38. The minimum Gasteiger partial charge on any atom is -0.465 e. The van der Waals surface area contributed by atoms with E-state index in [2.05, 4.69) is 20.0 Å². The number of H-pyrrole nitrogens is 1. The molecule has 0 radical (unpaired) electrons. The monoisotopic (exact) mass is 429 g/mol. The van der Waals surface area contributed by atoms with Crippen LogP contribution in [0, 0.1) is 0 Å². The third kappa shape index (κ3) is 4.20. The Bertz CT molecular complexity index is 1150. The van der Waals surface area contributed by atoms with Gasteiger partial charge in [-0.25, -0.2) is 9.78 Å². The molecule has 0 unspecified atom stereocenters. The van der Waals surface area contributed by atoms with Gasteiger partial charge in [0.25, 0.3) is 5.56 Å². The normalized spacial score (nSPS) is 13.1. The molecule has 7 nitrogen and oxygen atoms in total. The van der Waals surface area contributed by atoms with Crippen molar-refractivity contribution in [2.75, 3.05) is 18.2 Å². The minimum atomic E-state index is -0.468. The summed E-state index contributed by atoms with van der Waals surface area (Å²) in [5, 5.41) is 3.88. The molecule has 0 spiro atoms. The number of benzene rings is 1. The van der Waals surface area contributed by atoms with E-state index in [4.69, 9.17) is 0 Å². The van der Waals surface area contributed by atoms with Gasteiger partial charge in [-0.2, -0.15) is 0 Å². The molecular formula is C20H19N3O4S2. The molecule has 0 aliphatic heterocycles. The molecule has 2 heterocycles. The van der Waals surface area contributed by atoms with Crippen molar-refractivity contribution in [3.05, 3.63) is 50.6 Å². The van der Waals surface area contributed by atoms with E-state index in [0.717, 1.165) is 36.1 Å². The number of rotatable bonds is 5. The summed E-state index contributed by atoms with van der Waals surface area (Å²) in [5.41, 5.74) is 1.87. The molecule has 1 amide bonds. The summed E-state index contributed by atoms with van der Waals surface area (Å²) in [6, 6.07) is 6.52. The third-order valence-electron chi connectivity index (χ3n) is 4.71. The highest BCUT2D eigenvalue weighted by Crippen LogP contribution is 2.34. The SMILES string of the molecule is COC(=O)c1cccc(NC(=O)CSc2nc3sc4c(c3c(=O)[nH]2)CCCC4)c1. The lowest BCUT2D eigenvalue weighted by atomic mass is 9.97. The van der Waals surface area contributed by atoms with Crippen molar-refractivity contribution in [1.29, 1.82) is 0 Å². The Balaban J connectivity index is 1.45. The van der Waals surface area contributed by atoms with Gasteiger partial charge in [-0.3, -0.25) is 9.59 Å². The van der Waals surface area contributed by atoms with Crippen LogP contribution in [0.2, 0.25) is 0 Å². The molecule has 9 heteroatoms. The number of nitrogens with one attached hydrogen (secondary N) is 2. The molecule has 2 aromatic heterocycles. The number of aromatic nitrogens is 2. The number of carbonyl (C=O) groups excluding carboxylic acids is 2. The number of aryl methyl sites for hydroxylation is 2. The summed E-state index contributed by atoms with van der Waals surface area (Å²) in [4.78, 5) is 45.8. The smallest absolute Gasteiger partial charge is 0.337 e. The molecule has 0 bridgehead atoms. The van der Waals surface area contributed by atoms with E-state index in [1.54, 1.807) is 35.6 Å². The maximum atomic E-state index is 12.6. The van der Waals surface area contributed by atoms with Gasteiger partial charge >= 0.3 is 5.97 Å². The van der Waals surface area contributed by atoms with Crippen molar-refractivity contribution < 1.29 is 14.3 Å². The molecule has 29 heavy (non-hydrogen) atoms. The topological polar surface area (TPSA) is 101 Å². The lowest BCUT2D eigenvalue weighted by Gasteiger charge is -2.09. The van der Waals surface area contributed by atoms with Crippen LogP contribution in [0.1, 0.15) is 33.6 Å². The number of esters is 1. The van der Waals surface area contributed by atoms with Crippen LogP contribution < -0.4 is 10.9 Å². The van der Waals surface area contributed by atoms with Crippen LogP contribution >= 0.6 is 23.1 Å². The van der Waals surface area contributed by atoms with Gasteiger partial charge < -0.3 is 15.0 Å². The Labute approximate surface area is 174 Å². The van der Waals surface area contributed by atoms with Gasteiger partial charge in [0.15, 0.2) is 5.16 Å². The molecule has 1 aromatic carbocycles. The van der Waals surface area contributed by atoms with Crippen LogP contribution in [0.25, 0.3) is 10.2 Å². The number of amides is 1. The average Bonchev–Trinajstić information content (AvgIpc) is 3.10. The van der Waals surface area contributed by atoms with Gasteiger partial charge in [0, 0.05) is 10.6 Å². The Morgan fingerprint density at radius 2 is 2.14 bits per heavy atom. The maximum absolute atomic E-state index is 12.6. The molecular weight excluding hydrogens is 410 g/mol. The number of methoxy groups -OCH3 is 1. The average molecular weight is 430 g/mol. The zero-order chi connectivity index (χ0) is 20.4. The highest BCUT2D eigenvalue weighted by molar-refractivity contribution is 7.99. The number of thiophene rings is 1. The van der Waals surface area contributed by atoms with Crippen molar-refractivity contribution >= 4 is 50.9 Å². The van der Waals surface area contributed by atoms with Crippen molar-refractivity contribution in [3.8, 4) is 0 Å². The summed E-state index contributed by atoms with van der Waals surface area (Å²) in [7, 11) is 1.30. The molecule has 0 saturated carbocycles. The maximum Gasteiger partial charge on any atom is 0.337 e. The van der Waals surface area contributed by atoms with E-state index in [1.165, 1.54) is 23.7 Å². The lowest BCUT2D eigenvalue weighted by molar-refractivity contribution is -0.113. The number of hydrogen-bond donors (Lipinski definition) is 2. The Morgan fingerprint density at radius 3 is 2.97 bits per heavy atom. The van der Waals surface area contributed by atoms with Crippen LogP contribution in [-0.2, 0) is 22.4 Å². The van der Waals surface area contributed by atoms with E-state index in [-0.39, 0.29) is 17.2 Å². The van der Waals surface area contributed by atoms with Gasteiger partial charge in [0.05, 0.1) is 23.8 Å². The van der Waals surface area contributed by atoms with Crippen molar-refractivity contribution in [2.45, 2.75) is 30.8 Å². The van der Waals surface area contributed by atoms with E-state index in [0.29, 0.717) is 21.8 Å². The molecule has 4 rings (SSSR count). The zero-order valence-corrected chi connectivity index (χ0v) is 17.4. The summed E-state index contributed by atoms with van der Waals surface area (Å²) in [5.74, 6) is -0.642. The number of hydrogen-bond acceptors (Lipinski definition) is 7. The molecule has 2 N–H and O–H groups in total. The minimum absolute atomic E-state index is 0.0853. The van der Waals surface area contributed by atoms with Crippen LogP contribution in [-0.4, -0.2) is 34.7 Å². The van der Waals surface area contributed by atoms with Gasteiger partial charge in [-0.05, 0) is 49.4 Å². The van der Waals surface area contributed by atoms with Crippen LogP contribution in [0.4, 0.5) is 5.69 Å². The zero-order valence-electron chi connectivity index (χ0n) is 15.7. The predicted molar refractivity (Wildman–Crippen MR) is 114 cm³/mol. The molecule has 0 fully saturated rings. The fraction of sp³-hybridized carbons (Fsp3) is 0.300. The summed E-state index contributed by atoms with van der Waals surface area (Å²) in [6.45, 7) is 0. The highest BCUT2D eigenvalue weighted by atomic mass is 32.2. The quantitative estimate of drug-likeness (QED) is 0.366. The molecule has 1 aliphatic carbocycles. The first-order chi connectivity index (χ1) is 14.0.